The third-order valence-electron chi connectivity index (χ3n) is 6.47. The van der Waals surface area contributed by atoms with Crippen LogP contribution in [-0.2, 0) is 11.4 Å². The molecule has 0 saturated heterocycles. The van der Waals surface area contributed by atoms with Crippen LogP contribution >= 0.6 is 0 Å². The van der Waals surface area contributed by atoms with Crippen LogP contribution < -0.4 is 10.5 Å². The molecule has 41 heavy (non-hydrogen) atoms. The highest BCUT2D eigenvalue weighted by molar-refractivity contribution is 7.90. The summed E-state index contributed by atoms with van der Waals surface area (Å²) in [6, 6.07) is 17.1. The molecule has 208 valence electrons. The number of nitrogen functional groups attached to an aromatic ring is 1. The van der Waals surface area contributed by atoms with E-state index in [0.29, 0.717) is 21.5 Å². The van der Waals surface area contributed by atoms with Crippen LogP contribution in [0.25, 0.3) is 27.6 Å². The van der Waals surface area contributed by atoms with Gasteiger partial charge in [-0.2, -0.15) is 9.07 Å². The molecule has 3 N–H and O–H groups in total. The average Bonchev–Trinajstić information content (AvgIpc) is 3.60. The second-order valence-electron chi connectivity index (χ2n) is 9.36. The van der Waals surface area contributed by atoms with Gasteiger partial charge in [0.1, 0.15) is 40.0 Å². The molecule has 1 unspecified atom stereocenters. The third-order valence-corrected chi connectivity index (χ3v) is 7.87. The standard InChI is InChI=1S/C28H21F3N6O3S/c1-15-3-8-20(9-4-15)41(39)37-24-13-19(40-28(29,30)31)7-5-17(24)11-25(37)26(38)21-14-33-36(27(21)32)18-6-10-22-23(12-18)35-16(2)34-22/h3-14H,32H2,1-2H3,(H,34,35). The van der Waals surface area contributed by atoms with E-state index < -0.39 is 29.3 Å². The van der Waals surface area contributed by atoms with Gasteiger partial charge in [0.2, 0.25) is 5.78 Å². The normalized spacial score (nSPS) is 12.7. The number of alkyl halides is 3. The number of nitrogens with one attached hydrogen (secondary N) is 1. The van der Waals surface area contributed by atoms with Crippen molar-refractivity contribution in [1.82, 2.24) is 23.7 Å². The average molecular weight is 579 g/mol. The maximum absolute atomic E-state index is 13.9. The highest BCUT2D eigenvalue weighted by Gasteiger charge is 2.33. The number of fused-ring (bicyclic) bond motifs is 2. The summed E-state index contributed by atoms with van der Waals surface area (Å²) in [6.45, 7) is 3.69. The van der Waals surface area contributed by atoms with E-state index >= 15 is 0 Å². The summed E-state index contributed by atoms with van der Waals surface area (Å²) in [4.78, 5) is 21.8. The topological polar surface area (TPSA) is 127 Å². The van der Waals surface area contributed by atoms with Gasteiger partial charge in [-0.25, -0.2) is 9.67 Å². The highest BCUT2D eigenvalue weighted by atomic mass is 32.2. The number of benzene rings is 3. The fourth-order valence-corrected chi connectivity index (χ4v) is 5.81. The molecule has 6 aromatic rings. The van der Waals surface area contributed by atoms with Crippen LogP contribution in [0.4, 0.5) is 19.0 Å². The molecular formula is C28H21F3N6O3S. The van der Waals surface area contributed by atoms with Gasteiger partial charge in [0, 0.05) is 11.5 Å². The zero-order valence-electron chi connectivity index (χ0n) is 21.6. The van der Waals surface area contributed by atoms with Crippen LogP contribution in [0.1, 0.15) is 27.4 Å². The van der Waals surface area contributed by atoms with Crippen molar-refractivity contribution in [3.63, 3.8) is 0 Å². The zero-order valence-corrected chi connectivity index (χ0v) is 22.4. The van der Waals surface area contributed by atoms with Crippen molar-refractivity contribution >= 4 is 44.9 Å². The van der Waals surface area contributed by atoms with E-state index in [-0.39, 0.29) is 22.6 Å². The Balaban J connectivity index is 1.47. The lowest BCUT2D eigenvalue weighted by Crippen LogP contribution is -2.20. The number of aromatic amines is 1. The van der Waals surface area contributed by atoms with Crippen LogP contribution in [0, 0.1) is 13.8 Å². The minimum Gasteiger partial charge on any atom is -0.587 e. The first-order valence-corrected chi connectivity index (χ1v) is 13.3. The summed E-state index contributed by atoms with van der Waals surface area (Å²) in [5.74, 6) is -0.360. The molecule has 3 aromatic heterocycles. The molecule has 0 aliphatic rings. The molecule has 3 aromatic carbocycles. The SMILES string of the molecule is Cc1ccc([S+]([O-])n2c(C(=O)c3cnn(-c4ccc5[nH]c(C)nc5c4)c3N)cc3ccc(OC(F)(F)F)cc32)cc1. The Morgan fingerprint density at radius 1 is 1.05 bits per heavy atom. The highest BCUT2D eigenvalue weighted by Crippen LogP contribution is 2.33. The molecule has 0 aliphatic heterocycles. The lowest BCUT2D eigenvalue weighted by Gasteiger charge is -2.15. The smallest absolute Gasteiger partial charge is 0.573 e. The Kier molecular flexibility index (Phi) is 6.27. The lowest BCUT2D eigenvalue weighted by atomic mass is 10.1. The number of aromatic nitrogens is 5. The summed E-state index contributed by atoms with van der Waals surface area (Å²) >= 11 is -2.01. The molecule has 0 aliphatic carbocycles. The molecule has 9 nitrogen and oxygen atoms in total. The van der Waals surface area contributed by atoms with E-state index in [4.69, 9.17) is 5.73 Å². The van der Waals surface area contributed by atoms with E-state index in [1.807, 2.05) is 19.9 Å². The summed E-state index contributed by atoms with van der Waals surface area (Å²) < 4.78 is 59.4. The summed E-state index contributed by atoms with van der Waals surface area (Å²) in [7, 11) is 0. The molecule has 0 bridgehead atoms. The summed E-state index contributed by atoms with van der Waals surface area (Å²) in [5.41, 5.74) is 9.48. The molecule has 0 radical (unpaired) electrons. The Labute approximate surface area is 233 Å². The van der Waals surface area contributed by atoms with Crippen molar-refractivity contribution in [3.05, 3.63) is 95.6 Å². The van der Waals surface area contributed by atoms with Gasteiger partial charge in [-0.15, -0.1) is 13.2 Å². The number of hydrogen-bond donors (Lipinski definition) is 2. The van der Waals surface area contributed by atoms with Gasteiger partial charge in [-0.1, -0.05) is 17.7 Å². The Morgan fingerprint density at radius 2 is 1.80 bits per heavy atom. The number of nitrogens with two attached hydrogens (primary N) is 1. The first kappa shape index (κ1) is 26.5. The number of ether oxygens (including phenoxy) is 1. The number of H-pyrrole nitrogens is 1. The van der Waals surface area contributed by atoms with E-state index in [1.54, 1.807) is 36.4 Å². The van der Waals surface area contributed by atoms with Gasteiger partial charge in [-0.05, 0) is 62.4 Å². The molecule has 6 rings (SSSR count). The number of carbonyl (C=O) groups is 1. The predicted octanol–water partition coefficient (Wildman–Crippen LogP) is 5.60. The number of anilines is 1. The Hall–Kier alpha value is -4.75. The largest absolute Gasteiger partial charge is 0.587 e. The van der Waals surface area contributed by atoms with E-state index in [2.05, 4.69) is 19.8 Å². The monoisotopic (exact) mass is 578 g/mol. The number of nitrogens with zero attached hydrogens (tertiary/aromatic N) is 4. The number of rotatable bonds is 6. The number of hydrogen-bond acceptors (Lipinski definition) is 6. The van der Waals surface area contributed by atoms with E-state index in [9.17, 15) is 22.5 Å². The molecule has 0 amide bonds. The lowest BCUT2D eigenvalue weighted by molar-refractivity contribution is -0.274. The third kappa shape index (κ3) is 4.89. The molecule has 0 spiro atoms. The minimum atomic E-state index is -4.93. The second kappa shape index (κ2) is 9.71. The van der Waals surface area contributed by atoms with Gasteiger partial charge in [0.15, 0.2) is 4.90 Å². The van der Waals surface area contributed by atoms with E-state index in [1.165, 1.54) is 27.0 Å². The van der Waals surface area contributed by atoms with Crippen LogP contribution in [0.2, 0.25) is 0 Å². The quantitative estimate of drug-likeness (QED) is 0.196. The van der Waals surface area contributed by atoms with Crippen molar-refractivity contribution in [2.45, 2.75) is 25.1 Å². The van der Waals surface area contributed by atoms with Gasteiger partial charge in [0.05, 0.1) is 28.5 Å². The van der Waals surface area contributed by atoms with Crippen molar-refractivity contribution in [3.8, 4) is 11.4 Å². The van der Waals surface area contributed by atoms with Crippen molar-refractivity contribution in [1.29, 1.82) is 0 Å². The van der Waals surface area contributed by atoms with Gasteiger partial charge in [-0.3, -0.25) is 4.79 Å². The van der Waals surface area contributed by atoms with Gasteiger partial charge >= 0.3 is 6.36 Å². The first-order chi connectivity index (χ1) is 19.5. The maximum atomic E-state index is 13.9. The second-order valence-corrected chi connectivity index (χ2v) is 10.7. The fourth-order valence-electron chi connectivity index (χ4n) is 4.58. The Bertz CT molecular complexity index is 1940. The minimum absolute atomic E-state index is 0.0278. The van der Waals surface area contributed by atoms with Crippen LogP contribution in [0.15, 0.2) is 77.8 Å². The number of aryl methyl sites for hydroxylation is 2. The van der Waals surface area contributed by atoms with Crippen LogP contribution in [-0.4, -0.2) is 40.4 Å². The summed E-state index contributed by atoms with van der Waals surface area (Å²) in [6.07, 6.45) is -3.63. The maximum Gasteiger partial charge on any atom is 0.573 e. The number of halogens is 3. The number of ketones is 1. The van der Waals surface area contributed by atoms with Gasteiger partial charge in [0.25, 0.3) is 0 Å². The zero-order chi connectivity index (χ0) is 29.1. The van der Waals surface area contributed by atoms with E-state index in [0.717, 1.165) is 29.0 Å². The molecule has 1 atom stereocenters. The van der Waals surface area contributed by atoms with Crippen molar-refractivity contribution in [2.24, 2.45) is 0 Å². The molecule has 3 heterocycles. The molecule has 0 saturated carbocycles. The Morgan fingerprint density at radius 3 is 2.54 bits per heavy atom. The van der Waals surface area contributed by atoms with Crippen molar-refractivity contribution in [2.75, 3.05) is 5.73 Å². The van der Waals surface area contributed by atoms with Crippen LogP contribution in [0.3, 0.4) is 0 Å². The molecular weight excluding hydrogens is 557 g/mol. The molecule has 0 fully saturated rings. The first-order valence-electron chi connectivity index (χ1n) is 12.2. The predicted molar refractivity (Wildman–Crippen MR) is 147 cm³/mol. The van der Waals surface area contributed by atoms with Crippen molar-refractivity contribution < 1.29 is 27.3 Å². The summed E-state index contributed by atoms with van der Waals surface area (Å²) in [5, 5.41) is 4.68. The fraction of sp³-hybridized carbons (Fsp3) is 0.107. The van der Waals surface area contributed by atoms with Crippen LogP contribution in [0.5, 0.6) is 5.75 Å². The number of imidazole rings is 1. The van der Waals surface area contributed by atoms with Gasteiger partial charge < -0.3 is 20.0 Å². The number of carbonyl (C=O) groups excluding carboxylic acids is 1. The molecule has 13 heteroatoms.